The molecule has 0 aliphatic heterocycles. The lowest BCUT2D eigenvalue weighted by Gasteiger charge is -2.15. The minimum absolute atomic E-state index is 0.00810. The number of carbonyl (C=O) groups excluding carboxylic acids is 1. The van der Waals surface area contributed by atoms with E-state index in [-0.39, 0.29) is 22.1 Å². The van der Waals surface area contributed by atoms with Crippen molar-refractivity contribution in [3.63, 3.8) is 0 Å². The summed E-state index contributed by atoms with van der Waals surface area (Å²) in [6, 6.07) is 4.88. The monoisotopic (exact) mass is 311 g/mol. The molecule has 1 unspecified atom stereocenters. The molecular weight excluding hydrogens is 294 g/mol. The molecule has 0 saturated heterocycles. The molecular formula is C14H17NO5S. The molecule has 1 amide bonds. The van der Waals surface area contributed by atoms with Gasteiger partial charge in [-0.15, -0.1) is 0 Å². The van der Waals surface area contributed by atoms with Crippen LogP contribution < -0.4 is 5.32 Å². The molecule has 0 bridgehead atoms. The molecule has 1 aliphatic rings. The standard InChI is InChI=1S/C14H17NO5S/c1-2-21(19,20)11-6-4-3-5-10(11)13(16)15-12(14(17)18)9-7-8-9/h3-6,9,12H,2,7-8H2,1H3,(H,15,16)(H,17,18). The summed E-state index contributed by atoms with van der Waals surface area (Å²) in [4.78, 5) is 23.3. The molecule has 1 aromatic carbocycles. The van der Waals surface area contributed by atoms with Gasteiger partial charge in [0.05, 0.1) is 16.2 Å². The minimum Gasteiger partial charge on any atom is -0.480 e. The normalized spacial score (nSPS) is 16.2. The second-order valence-electron chi connectivity index (χ2n) is 5.03. The van der Waals surface area contributed by atoms with Gasteiger partial charge < -0.3 is 10.4 Å². The third kappa shape index (κ3) is 3.41. The molecule has 0 aromatic heterocycles. The summed E-state index contributed by atoms with van der Waals surface area (Å²) in [5.74, 6) is -1.95. The number of rotatable bonds is 6. The van der Waals surface area contributed by atoms with Gasteiger partial charge in [0.1, 0.15) is 6.04 Å². The quantitative estimate of drug-likeness (QED) is 0.818. The first-order chi connectivity index (χ1) is 9.86. The Morgan fingerprint density at radius 3 is 2.48 bits per heavy atom. The number of aliphatic carboxylic acids is 1. The molecule has 1 saturated carbocycles. The van der Waals surface area contributed by atoms with E-state index in [0.717, 1.165) is 12.8 Å². The molecule has 2 N–H and O–H groups in total. The van der Waals surface area contributed by atoms with E-state index in [2.05, 4.69) is 5.32 Å². The highest BCUT2D eigenvalue weighted by Crippen LogP contribution is 2.33. The topological polar surface area (TPSA) is 101 Å². The first-order valence-corrected chi connectivity index (χ1v) is 8.37. The zero-order valence-corrected chi connectivity index (χ0v) is 12.4. The number of carbonyl (C=O) groups is 2. The average Bonchev–Trinajstić information content (AvgIpc) is 3.28. The molecule has 1 atom stereocenters. The van der Waals surface area contributed by atoms with E-state index >= 15 is 0 Å². The van der Waals surface area contributed by atoms with Crippen LogP contribution in [0.1, 0.15) is 30.1 Å². The first kappa shape index (κ1) is 15.5. The smallest absolute Gasteiger partial charge is 0.326 e. The van der Waals surface area contributed by atoms with Gasteiger partial charge >= 0.3 is 5.97 Å². The molecule has 7 heteroatoms. The van der Waals surface area contributed by atoms with E-state index in [1.807, 2.05) is 0 Å². The molecule has 1 aliphatic carbocycles. The molecule has 1 aromatic rings. The zero-order valence-electron chi connectivity index (χ0n) is 11.6. The van der Waals surface area contributed by atoms with Crippen molar-refractivity contribution in [2.75, 3.05) is 5.75 Å². The van der Waals surface area contributed by atoms with Gasteiger partial charge in [-0.05, 0) is 30.9 Å². The third-order valence-corrected chi connectivity index (χ3v) is 5.28. The van der Waals surface area contributed by atoms with Crippen LogP contribution in [0, 0.1) is 5.92 Å². The van der Waals surface area contributed by atoms with Gasteiger partial charge in [0.2, 0.25) is 0 Å². The van der Waals surface area contributed by atoms with Crippen LogP contribution in [-0.4, -0.2) is 37.2 Å². The molecule has 21 heavy (non-hydrogen) atoms. The van der Waals surface area contributed by atoms with Crippen LogP contribution >= 0.6 is 0 Å². The molecule has 114 valence electrons. The Morgan fingerprint density at radius 1 is 1.33 bits per heavy atom. The van der Waals surface area contributed by atoms with Crippen molar-refractivity contribution in [1.82, 2.24) is 5.32 Å². The van der Waals surface area contributed by atoms with Crippen LogP contribution in [0.4, 0.5) is 0 Å². The average molecular weight is 311 g/mol. The Bertz CT molecular complexity index is 664. The van der Waals surface area contributed by atoms with Gasteiger partial charge in [0, 0.05) is 0 Å². The molecule has 1 fully saturated rings. The molecule has 0 heterocycles. The maximum Gasteiger partial charge on any atom is 0.326 e. The van der Waals surface area contributed by atoms with Crippen LogP contribution in [0.15, 0.2) is 29.2 Å². The van der Waals surface area contributed by atoms with Gasteiger partial charge in [0.15, 0.2) is 9.84 Å². The van der Waals surface area contributed by atoms with E-state index in [0.29, 0.717) is 0 Å². The largest absolute Gasteiger partial charge is 0.480 e. The minimum atomic E-state index is -3.54. The summed E-state index contributed by atoms with van der Waals surface area (Å²) in [6.07, 6.45) is 1.51. The van der Waals surface area contributed by atoms with Gasteiger partial charge in [-0.3, -0.25) is 4.79 Å². The highest BCUT2D eigenvalue weighted by atomic mass is 32.2. The van der Waals surface area contributed by atoms with Gasteiger partial charge in [-0.25, -0.2) is 13.2 Å². The number of carboxylic acids is 1. The molecule has 0 spiro atoms. The molecule has 0 radical (unpaired) electrons. The van der Waals surface area contributed by atoms with Gasteiger partial charge in [0.25, 0.3) is 5.91 Å². The fraction of sp³-hybridized carbons (Fsp3) is 0.429. The van der Waals surface area contributed by atoms with Crippen LogP contribution in [0.2, 0.25) is 0 Å². The first-order valence-electron chi connectivity index (χ1n) is 6.72. The summed E-state index contributed by atoms with van der Waals surface area (Å²) in [7, 11) is -3.54. The lowest BCUT2D eigenvalue weighted by atomic mass is 10.1. The predicted molar refractivity (Wildman–Crippen MR) is 75.8 cm³/mol. The van der Waals surface area contributed by atoms with Crippen LogP contribution in [0.3, 0.4) is 0 Å². The van der Waals surface area contributed by atoms with Crippen molar-refractivity contribution in [2.24, 2.45) is 5.92 Å². The highest BCUT2D eigenvalue weighted by molar-refractivity contribution is 7.91. The fourth-order valence-electron chi connectivity index (χ4n) is 2.11. The molecule has 2 rings (SSSR count). The Labute approximate surface area is 123 Å². The van der Waals surface area contributed by atoms with Crippen molar-refractivity contribution < 1.29 is 23.1 Å². The summed E-state index contributed by atoms with van der Waals surface area (Å²) in [5.41, 5.74) is -0.00810. The number of carboxylic acid groups (broad SMARTS) is 1. The number of nitrogens with one attached hydrogen (secondary N) is 1. The van der Waals surface area contributed by atoms with Gasteiger partial charge in [-0.1, -0.05) is 19.1 Å². The summed E-state index contributed by atoms with van der Waals surface area (Å²) < 4.78 is 24.0. The lowest BCUT2D eigenvalue weighted by Crippen LogP contribution is -2.42. The maximum absolute atomic E-state index is 12.2. The third-order valence-electron chi connectivity index (χ3n) is 3.49. The Balaban J connectivity index is 2.29. The van der Waals surface area contributed by atoms with E-state index in [4.69, 9.17) is 5.11 Å². The van der Waals surface area contributed by atoms with Crippen molar-refractivity contribution in [3.05, 3.63) is 29.8 Å². The van der Waals surface area contributed by atoms with Crippen molar-refractivity contribution in [2.45, 2.75) is 30.7 Å². The Kier molecular flexibility index (Phi) is 4.32. The molecule has 6 nitrogen and oxygen atoms in total. The Hall–Kier alpha value is -1.89. The summed E-state index contributed by atoms with van der Waals surface area (Å²) >= 11 is 0. The Morgan fingerprint density at radius 2 is 1.95 bits per heavy atom. The van der Waals surface area contributed by atoms with E-state index in [1.165, 1.54) is 25.1 Å². The van der Waals surface area contributed by atoms with E-state index in [9.17, 15) is 18.0 Å². The second kappa shape index (κ2) is 5.85. The number of sulfone groups is 1. The summed E-state index contributed by atoms with van der Waals surface area (Å²) in [6.45, 7) is 1.49. The van der Waals surface area contributed by atoms with Crippen molar-refractivity contribution >= 4 is 21.7 Å². The number of hydrogen-bond acceptors (Lipinski definition) is 4. The number of amides is 1. The number of benzene rings is 1. The van der Waals surface area contributed by atoms with E-state index < -0.39 is 27.8 Å². The zero-order chi connectivity index (χ0) is 15.6. The fourth-order valence-corrected chi connectivity index (χ4v) is 3.20. The SMILES string of the molecule is CCS(=O)(=O)c1ccccc1C(=O)NC(C(=O)O)C1CC1. The van der Waals surface area contributed by atoms with Crippen molar-refractivity contribution in [1.29, 1.82) is 0 Å². The number of hydrogen-bond donors (Lipinski definition) is 2. The van der Waals surface area contributed by atoms with E-state index in [1.54, 1.807) is 6.07 Å². The second-order valence-corrected chi connectivity index (χ2v) is 7.27. The summed E-state index contributed by atoms with van der Waals surface area (Å²) in [5, 5.41) is 11.6. The highest BCUT2D eigenvalue weighted by Gasteiger charge is 2.37. The van der Waals surface area contributed by atoms with Crippen molar-refractivity contribution in [3.8, 4) is 0 Å². The van der Waals surface area contributed by atoms with Crippen LogP contribution in [0.25, 0.3) is 0 Å². The van der Waals surface area contributed by atoms with Crippen LogP contribution in [-0.2, 0) is 14.6 Å². The maximum atomic E-state index is 12.2. The predicted octanol–water partition coefficient (Wildman–Crippen LogP) is 1.07. The lowest BCUT2D eigenvalue weighted by molar-refractivity contribution is -0.139. The van der Waals surface area contributed by atoms with Gasteiger partial charge in [-0.2, -0.15) is 0 Å². The van der Waals surface area contributed by atoms with Crippen LogP contribution in [0.5, 0.6) is 0 Å².